The SMILES string of the molecule is Cc1c(C=O)c(C)c(C(=O)OC(C)(C)C)c(C)c1B(O)O. The Labute approximate surface area is 125 Å². The Hall–Kier alpha value is -1.66. The number of rotatable bonds is 3. The Morgan fingerprint density at radius 2 is 1.62 bits per heavy atom. The summed E-state index contributed by atoms with van der Waals surface area (Å²) in [5.41, 5.74) is 1.34. The molecule has 0 radical (unpaired) electrons. The van der Waals surface area contributed by atoms with Crippen LogP contribution in [0.25, 0.3) is 0 Å². The van der Waals surface area contributed by atoms with Crippen LogP contribution in [0, 0.1) is 20.8 Å². The van der Waals surface area contributed by atoms with Crippen molar-refractivity contribution in [3.8, 4) is 0 Å². The van der Waals surface area contributed by atoms with Crippen molar-refractivity contribution in [1.29, 1.82) is 0 Å². The van der Waals surface area contributed by atoms with Crippen LogP contribution in [-0.2, 0) is 4.74 Å². The summed E-state index contributed by atoms with van der Waals surface area (Å²) in [5, 5.41) is 19.0. The number of esters is 1. The van der Waals surface area contributed by atoms with Gasteiger partial charge in [0.25, 0.3) is 0 Å². The molecule has 0 fully saturated rings. The van der Waals surface area contributed by atoms with Crippen molar-refractivity contribution >= 4 is 24.8 Å². The number of ether oxygens (including phenoxy) is 1. The van der Waals surface area contributed by atoms with Crippen LogP contribution in [0.1, 0.15) is 58.2 Å². The highest BCUT2D eigenvalue weighted by Crippen LogP contribution is 2.23. The zero-order valence-electron chi connectivity index (χ0n) is 13.3. The normalized spacial score (nSPS) is 11.2. The third-order valence-electron chi connectivity index (χ3n) is 3.35. The van der Waals surface area contributed by atoms with E-state index in [4.69, 9.17) is 4.74 Å². The fourth-order valence-electron chi connectivity index (χ4n) is 2.46. The van der Waals surface area contributed by atoms with Gasteiger partial charge in [0.1, 0.15) is 5.60 Å². The summed E-state index contributed by atoms with van der Waals surface area (Å²) in [6.45, 7) is 10.1. The molecule has 5 nitrogen and oxygen atoms in total. The maximum absolute atomic E-state index is 12.4. The predicted octanol–water partition coefficient (Wildman–Crippen LogP) is 1.06. The highest BCUT2D eigenvalue weighted by atomic mass is 16.6. The third kappa shape index (κ3) is 3.51. The average Bonchev–Trinajstić information content (AvgIpc) is 2.25. The zero-order chi connectivity index (χ0) is 16.5. The summed E-state index contributed by atoms with van der Waals surface area (Å²) >= 11 is 0. The van der Waals surface area contributed by atoms with Crippen molar-refractivity contribution in [2.45, 2.75) is 47.1 Å². The molecule has 0 heterocycles. The van der Waals surface area contributed by atoms with Gasteiger partial charge in [-0.15, -0.1) is 0 Å². The highest BCUT2D eigenvalue weighted by molar-refractivity contribution is 6.60. The minimum absolute atomic E-state index is 0.170. The molecule has 0 saturated heterocycles. The number of carbonyl (C=O) groups excluding carboxylic acids is 2. The van der Waals surface area contributed by atoms with E-state index in [0.29, 0.717) is 23.0 Å². The van der Waals surface area contributed by atoms with Gasteiger partial charge >= 0.3 is 13.1 Å². The molecule has 1 aromatic carbocycles. The fraction of sp³-hybridized carbons (Fsp3) is 0.467. The van der Waals surface area contributed by atoms with Crippen LogP contribution < -0.4 is 5.46 Å². The van der Waals surface area contributed by atoms with Gasteiger partial charge in [0.05, 0.1) is 5.56 Å². The van der Waals surface area contributed by atoms with Gasteiger partial charge in [0, 0.05) is 5.56 Å². The molecule has 0 saturated carbocycles. The van der Waals surface area contributed by atoms with E-state index >= 15 is 0 Å². The Kier molecular flexibility index (Phi) is 4.97. The molecule has 114 valence electrons. The first-order valence-corrected chi connectivity index (χ1v) is 6.69. The molecule has 6 heteroatoms. The monoisotopic (exact) mass is 292 g/mol. The van der Waals surface area contributed by atoms with Gasteiger partial charge in [0.2, 0.25) is 0 Å². The van der Waals surface area contributed by atoms with Gasteiger partial charge in [-0.25, -0.2) is 4.79 Å². The smallest absolute Gasteiger partial charge is 0.456 e. The lowest BCUT2D eigenvalue weighted by Crippen LogP contribution is -2.38. The second kappa shape index (κ2) is 5.99. The van der Waals surface area contributed by atoms with E-state index in [-0.39, 0.29) is 16.6 Å². The molecule has 1 aromatic rings. The quantitative estimate of drug-likeness (QED) is 0.494. The van der Waals surface area contributed by atoms with E-state index in [0.717, 1.165) is 0 Å². The van der Waals surface area contributed by atoms with Gasteiger partial charge in [-0.1, -0.05) is 0 Å². The topological polar surface area (TPSA) is 83.8 Å². The highest BCUT2D eigenvalue weighted by Gasteiger charge is 2.29. The molecule has 2 N–H and O–H groups in total. The van der Waals surface area contributed by atoms with Crippen LogP contribution in [0.15, 0.2) is 0 Å². The Morgan fingerprint density at radius 1 is 1.10 bits per heavy atom. The van der Waals surface area contributed by atoms with Crippen LogP contribution in [0.5, 0.6) is 0 Å². The van der Waals surface area contributed by atoms with Crippen LogP contribution in [0.4, 0.5) is 0 Å². The molecule has 0 aliphatic heterocycles. The number of hydrogen-bond acceptors (Lipinski definition) is 5. The summed E-state index contributed by atoms with van der Waals surface area (Å²) in [6, 6.07) is 0. The Balaban J connectivity index is 3.62. The minimum atomic E-state index is -1.76. The molecule has 0 atom stereocenters. The summed E-state index contributed by atoms with van der Waals surface area (Å²) < 4.78 is 5.34. The molecule has 0 amide bonds. The van der Waals surface area contributed by atoms with Crippen molar-refractivity contribution < 1.29 is 24.4 Å². The molecule has 0 spiro atoms. The molecule has 0 aliphatic carbocycles. The van der Waals surface area contributed by atoms with Gasteiger partial charge in [-0.2, -0.15) is 0 Å². The van der Waals surface area contributed by atoms with Crippen LogP contribution in [-0.4, -0.2) is 35.0 Å². The molecule has 0 unspecified atom stereocenters. The van der Waals surface area contributed by atoms with E-state index in [1.807, 2.05) is 0 Å². The zero-order valence-corrected chi connectivity index (χ0v) is 13.3. The lowest BCUT2D eigenvalue weighted by molar-refractivity contribution is 0.00681. The van der Waals surface area contributed by atoms with Crippen molar-refractivity contribution in [2.75, 3.05) is 0 Å². The molecule has 0 aliphatic rings. The summed E-state index contributed by atoms with van der Waals surface area (Å²) in [6.07, 6.45) is 0.615. The maximum atomic E-state index is 12.4. The predicted molar refractivity (Wildman–Crippen MR) is 81.0 cm³/mol. The minimum Gasteiger partial charge on any atom is -0.456 e. The molecular weight excluding hydrogens is 271 g/mol. The van der Waals surface area contributed by atoms with Crippen molar-refractivity contribution in [3.05, 3.63) is 27.8 Å². The Morgan fingerprint density at radius 3 is 2.00 bits per heavy atom. The lowest BCUT2D eigenvalue weighted by atomic mass is 9.71. The van der Waals surface area contributed by atoms with Gasteiger partial charge in [-0.3, -0.25) is 4.79 Å². The van der Waals surface area contributed by atoms with Crippen LogP contribution in [0.2, 0.25) is 0 Å². The number of carbonyl (C=O) groups is 2. The van der Waals surface area contributed by atoms with E-state index in [9.17, 15) is 19.6 Å². The molecule has 0 aromatic heterocycles. The third-order valence-corrected chi connectivity index (χ3v) is 3.35. The summed E-state index contributed by atoms with van der Waals surface area (Å²) in [4.78, 5) is 23.6. The van der Waals surface area contributed by atoms with Crippen molar-refractivity contribution in [2.24, 2.45) is 0 Å². The lowest BCUT2D eigenvalue weighted by Gasteiger charge is -2.23. The second-order valence-electron chi connectivity index (χ2n) is 6.07. The molecular formula is C15H21BO5. The van der Waals surface area contributed by atoms with Gasteiger partial charge < -0.3 is 14.8 Å². The first-order chi connectivity index (χ1) is 9.51. The second-order valence-corrected chi connectivity index (χ2v) is 6.07. The van der Waals surface area contributed by atoms with E-state index < -0.39 is 18.7 Å². The van der Waals surface area contributed by atoms with Crippen LogP contribution in [0.3, 0.4) is 0 Å². The van der Waals surface area contributed by atoms with Gasteiger partial charge in [0.15, 0.2) is 6.29 Å². The Bertz CT molecular complexity index is 585. The first kappa shape index (κ1) is 17.4. The average molecular weight is 292 g/mol. The number of hydrogen-bond donors (Lipinski definition) is 2. The van der Waals surface area contributed by atoms with Crippen LogP contribution >= 0.6 is 0 Å². The van der Waals surface area contributed by atoms with E-state index in [1.165, 1.54) is 0 Å². The summed E-state index contributed by atoms with van der Waals surface area (Å²) in [7, 11) is -1.76. The number of benzene rings is 1. The largest absolute Gasteiger partial charge is 0.489 e. The van der Waals surface area contributed by atoms with E-state index in [1.54, 1.807) is 41.5 Å². The molecule has 1 rings (SSSR count). The standard InChI is InChI=1S/C15H21BO5/c1-8-11(7-17)9(2)13(16(19)20)10(3)12(8)14(18)21-15(4,5)6/h7,19-20H,1-6H3. The first-order valence-electron chi connectivity index (χ1n) is 6.69. The van der Waals surface area contributed by atoms with E-state index in [2.05, 4.69) is 0 Å². The van der Waals surface area contributed by atoms with Crippen molar-refractivity contribution in [1.82, 2.24) is 0 Å². The molecule has 21 heavy (non-hydrogen) atoms. The molecule has 0 bridgehead atoms. The van der Waals surface area contributed by atoms with Crippen molar-refractivity contribution in [3.63, 3.8) is 0 Å². The fourth-order valence-corrected chi connectivity index (χ4v) is 2.46. The number of aldehydes is 1. The summed E-state index contributed by atoms with van der Waals surface area (Å²) in [5.74, 6) is -0.581. The van der Waals surface area contributed by atoms with Gasteiger partial charge in [-0.05, 0) is 63.7 Å². The maximum Gasteiger partial charge on any atom is 0.489 e.